The molecule has 2 aromatic rings. The Bertz CT molecular complexity index is 593. The van der Waals surface area contributed by atoms with Crippen LogP contribution in [-0.2, 0) is 12.7 Å². The van der Waals surface area contributed by atoms with Gasteiger partial charge in [-0.25, -0.2) is 4.98 Å². The van der Waals surface area contributed by atoms with Crippen molar-refractivity contribution in [1.82, 2.24) is 9.55 Å². The molecular weight excluding hydrogens is 271 g/mol. The summed E-state index contributed by atoms with van der Waals surface area (Å²) < 4.78 is 44.7. The maximum atomic E-state index is 12.5. The molecule has 0 unspecified atom stereocenters. The molecule has 1 aromatic carbocycles. The first-order valence-corrected chi connectivity index (χ1v) is 5.95. The van der Waals surface area contributed by atoms with Crippen LogP contribution in [0.5, 0.6) is 5.75 Å². The van der Waals surface area contributed by atoms with Gasteiger partial charge in [-0.3, -0.25) is 0 Å². The van der Waals surface area contributed by atoms with E-state index >= 15 is 0 Å². The number of anilines is 1. The van der Waals surface area contributed by atoms with Crippen molar-refractivity contribution in [3.8, 4) is 5.75 Å². The fraction of sp³-hybridized carbons (Fsp3) is 0.308. The fourth-order valence-corrected chi connectivity index (χ4v) is 1.75. The van der Waals surface area contributed by atoms with Crippen LogP contribution >= 0.6 is 0 Å². The van der Waals surface area contributed by atoms with E-state index in [1.54, 1.807) is 12.4 Å². The van der Waals surface area contributed by atoms with Crippen molar-refractivity contribution in [2.24, 2.45) is 0 Å². The standard InChI is InChI=1S/C13H14F3N3O/c1-9-18-4-5-19(9)6-7-20-12-3-2-10(8-11(12)17)13(14,15)16/h2-5,8H,6-7,17H2,1H3. The molecular formula is C13H14F3N3O. The lowest BCUT2D eigenvalue weighted by Crippen LogP contribution is -2.10. The largest absolute Gasteiger partial charge is 0.490 e. The molecule has 4 nitrogen and oxygen atoms in total. The molecule has 7 heteroatoms. The van der Waals surface area contributed by atoms with Crippen molar-refractivity contribution in [2.75, 3.05) is 12.3 Å². The SMILES string of the molecule is Cc1nccn1CCOc1ccc(C(F)(F)F)cc1N. The number of hydrogen-bond donors (Lipinski definition) is 1. The summed E-state index contributed by atoms with van der Waals surface area (Å²) in [6, 6.07) is 3.06. The van der Waals surface area contributed by atoms with Gasteiger partial charge in [-0.2, -0.15) is 13.2 Å². The molecule has 0 saturated heterocycles. The Morgan fingerprint density at radius 2 is 2.10 bits per heavy atom. The van der Waals surface area contributed by atoms with Gasteiger partial charge in [-0.1, -0.05) is 0 Å². The lowest BCUT2D eigenvalue weighted by molar-refractivity contribution is -0.137. The lowest BCUT2D eigenvalue weighted by Gasteiger charge is -2.12. The number of nitrogens with zero attached hydrogens (tertiary/aromatic N) is 2. The predicted octanol–water partition coefficient (Wildman–Crippen LogP) is 2.87. The molecule has 2 N–H and O–H groups in total. The van der Waals surface area contributed by atoms with Gasteiger partial charge in [-0.05, 0) is 25.1 Å². The zero-order valence-corrected chi connectivity index (χ0v) is 10.8. The smallest absolute Gasteiger partial charge is 0.416 e. The van der Waals surface area contributed by atoms with E-state index in [2.05, 4.69) is 4.98 Å². The van der Waals surface area contributed by atoms with Crippen molar-refractivity contribution < 1.29 is 17.9 Å². The lowest BCUT2D eigenvalue weighted by atomic mass is 10.2. The second-order valence-electron chi connectivity index (χ2n) is 4.27. The molecule has 0 spiro atoms. The molecule has 0 aliphatic rings. The van der Waals surface area contributed by atoms with Gasteiger partial charge in [-0.15, -0.1) is 0 Å². The second kappa shape index (κ2) is 5.44. The number of alkyl halides is 3. The molecule has 0 aliphatic heterocycles. The highest BCUT2D eigenvalue weighted by molar-refractivity contribution is 5.54. The third kappa shape index (κ3) is 3.23. The minimum absolute atomic E-state index is 0.0258. The molecule has 0 bridgehead atoms. The van der Waals surface area contributed by atoms with Gasteiger partial charge in [0.15, 0.2) is 0 Å². The fourth-order valence-electron chi connectivity index (χ4n) is 1.75. The highest BCUT2D eigenvalue weighted by atomic mass is 19.4. The molecule has 0 atom stereocenters. The molecule has 108 valence electrons. The first-order chi connectivity index (χ1) is 9.38. The minimum Gasteiger partial charge on any atom is -0.490 e. The van der Waals surface area contributed by atoms with E-state index in [1.807, 2.05) is 11.5 Å². The molecule has 2 rings (SSSR count). The van der Waals surface area contributed by atoms with Crippen LogP contribution in [0.3, 0.4) is 0 Å². The monoisotopic (exact) mass is 285 g/mol. The zero-order chi connectivity index (χ0) is 14.8. The van der Waals surface area contributed by atoms with Crippen molar-refractivity contribution in [3.63, 3.8) is 0 Å². The molecule has 0 amide bonds. The summed E-state index contributed by atoms with van der Waals surface area (Å²) in [6.07, 6.45) is -0.933. The van der Waals surface area contributed by atoms with Gasteiger partial charge in [0.2, 0.25) is 0 Å². The van der Waals surface area contributed by atoms with Crippen molar-refractivity contribution in [1.29, 1.82) is 0 Å². The van der Waals surface area contributed by atoms with Crippen LogP contribution in [-0.4, -0.2) is 16.2 Å². The normalized spacial score (nSPS) is 11.6. The first kappa shape index (κ1) is 14.2. The summed E-state index contributed by atoms with van der Waals surface area (Å²) in [5.41, 5.74) is 4.75. The molecule has 1 aromatic heterocycles. The van der Waals surface area contributed by atoms with Gasteiger partial charge in [0.05, 0.1) is 17.8 Å². The number of nitrogens with two attached hydrogens (primary N) is 1. The van der Waals surface area contributed by atoms with Crippen molar-refractivity contribution >= 4 is 5.69 Å². The van der Waals surface area contributed by atoms with E-state index in [0.29, 0.717) is 13.2 Å². The highest BCUT2D eigenvalue weighted by Crippen LogP contribution is 2.33. The molecule has 0 fully saturated rings. The number of nitrogen functional groups attached to an aromatic ring is 1. The van der Waals surface area contributed by atoms with Crippen LogP contribution in [0.4, 0.5) is 18.9 Å². The van der Waals surface area contributed by atoms with E-state index in [9.17, 15) is 13.2 Å². The predicted molar refractivity (Wildman–Crippen MR) is 68.3 cm³/mol. The summed E-state index contributed by atoms with van der Waals surface area (Å²) in [5, 5.41) is 0. The van der Waals surface area contributed by atoms with Gasteiger partial charge in [0, 0.05) is 12.4 Å². The number of benzene rings is 1. The minimum atomic E-state index is -4.40. The summed E-state index contributed by atoms with van der Waals surface area (Å²) >= 11 is 0. The van der Waals surface area contributed by atoms with Gasteiger partial charge < -0.3 is 15.0 Å². The average Bonchev–Trinajstić information content (AvgIpc) is 2.76. The Morgan fingerprint density at radius 3 is 2.65 bits per heavy atom. The Balaban J connectivity index is 1.98. The third-order valence-electron chi connectivity index (χ3n) is 2.85. The summed E-state index contributed by atoms with van der Waals surface area (Å²) in [5.74, 6) is 1.09. The van der Waals surface area contributed by atoms with Crippen molar-refractivity contribution in [2.45, 2.75) is 19.6 Å². The average molecular weight is 285 g/mol. The number of imidazole rings is 1. The Morgan fingerprint density at radius 1 is 1.35 bits per heavy atom. The number of rotatable bonds is 4. The summed E-state index contributed by atoms with van der Waals surface area (Å²) in [7, 11) is 0. The summed E-state index contributed by atoms with van der Waals surface area (Å²) in [4.78, 5) is 4.06. The van der Waals surface area contributed by atoms with Gasteiger partial charge >= 0.3 is 6.18 Å². The van der Waals surface area contributed by atoms with Gasteiger partial charge in [0.25, 0.3) is 0 Å². The van der Waals surface area contributed by atoms with E-state index in [0.717, 1.165) is 18.0 Å². The van der Waals surface area contributed by atoms with Crippen molar-refractivity contribution in [3.05, 3.63) is 42.0 Å². The van der Waals surface area contributed by atoms with Gasteiger partial charge in [0.1, 0.15) is 18.2 Å². The number of aryl methyl sites for hydroxylation is 1. The molecule has 0 aliphatic carbocycles. The zero-order valence-electron chi connectivity index (χ0n) is 10.8. The summed E-state index contributed by atoms with van der Waals surface area (Å²) in [6.45, 7) is 2.70. The van der Waals surface area contributed by atoms with E-state index in [1.165, 1.54) is 6.07 Å². The number of ether oxygens (including phenoxy) is 1. The number of hydrogen-bond acceptors (Lipinski definition) is 3. The van der Waals surface area contributed by atoms with Crippen LogP contribution in [0, 0.1) is 6.92 Å². The number of halogens is 3. The van der Waals surface area contributed by atoms with Crippen LogP contribution in [0.1, 0.15) is 11.4 Å². The maximum Gasteiger partial charge on any atom is 0.416 e. The van der Waals surface area contributed by atoms with Crippen LogP contribution < -0.4 is 10.5 Å². The first-order valence-electron chi connectivity index (χ1n) is 5.95. The Kier molecular flexibility index (Phi) is 3.87. The highest BCUT2D eigenvalue weighted by Gasteiger charge is 2.30. The van der Waals surface area contributed by atoms with E-state index in [-0.39, 0.29) is 11.4 Å². The molecule has 20 heavy (non-hydrogen) atoms. The molecule has 0 radical (unpaired) electrons. The van der Waals surface area contributed by atoms with Crippen LogP contribution in [0.2, 0.25) is 0 Å². The Hall–Kier alpha value is -2.18. The second-order valence-corrected chi connectivity index (χ2v) is 4.27. The molecule has 0 saturated carbocycles. The maximum absolute atomic E-state index is 12.5. The third-order valence-corrected chi connectivity index (χ3v) is 2.85. The Labute approximate surface area is 114 Å². The van der Waals surface area contributed by atoms with Crippen LogP contribution in [0.15, 0.2) is 30.6 Å². The molecule has 1 heterocycles. The van der Waals surface area contributed by atoms with E-state index in [4.69, 9.17) is 10.5 Å². The van der Waals surface area contributed by atoms with E-state index < -0.39 is 11.7 Å². The van der Waals surface area contributed by atoms with Crippen LogP contribution in [0.25, 0.3) is 0 Å². The number of aromatic nitrogens is 2. The quantitative estimate of drug-likeness (QED) is 0.879. The topological polar surface area (TPSA) is 53.1 Å².